The van der Waals surface area contributed by atoms with Crippen LogP contribution in [0, 0.1) is 5.92 Å². The molecular weight excluding hydrogens is 341 g/mol. The van der Waals surface area contributed by atoms with Crippen molar-refractivity contribution in [1.29, 1.82) is 0 Å². The number of alkyl halides is 3. The van der Waals surface area contributed by atoms with Crippen molar-refractivity contribution in [1.82, 2.24) is 10.2 Å². The first kappa shape index (κ1) is 19.2. The second kappa shape index (κ2) is 7.99. The highest BCUT2D eigenvalue weighted by atomic mass is 19.4. The fraction of sp³-hybridized carbons (Fsp3) is 0.650. The summed E-state index contributed by atoms with van der Waals surface area (Å²) in [5, 5.41) is 2.94. The number of carbonyl (C=O) groups excluding carboxylic acids is 1. The molecule has 2 aliphatic rings. The van der Waals surface area contributed by atoms with Crippen molar-refractivity contribution in [3.63, 3.8) is 0 Å². The molecule has 26 heavy (non-hydrogen) atoms. The van der Waals surface area contributed by atoms with Crippen LogP contribution < -0.4 is 5.32 Å². The average Bonchev–Trinajstić information content (AvgIpc) is 2.60. The SMILES string of the molecule is C[C@@H](NC(=O)CN1CCC[C@H](C(F)(F)F)C1)c1ccc2c(c1)CCCC2. The molecule has 1 aliphatic heterocycles. The first-order chi connectivity index (χ1) is 12.3. The van der Waals surface area contributed by atoms with E-state index in [2.05, 4.69) is 23.5 Å². The third kappa shape index (κ3) is 4.78. The van der Waals surface area contributed by atoms with Gasteiger partial charge in [0, 0.05) is 6.54 Å². The maximum Gasteiger partial charge on any atom is 0.393 e. The Labute approximate surface area is 152 Å². The Bertz CT molecular complexity index is 644. The lowest BCUT2D eigenvalue weighted by atomic mass is 9.89. The minimum Gasteiger partial charge on any atom is -0.348 e. The summed E-state index contributed by atoms with van der Waals surface area (Å²) < 4.78 is 38.7. The number of carbonyl (C=O) groups is 1. The minimum atomic E-state index is -4.18. The van der Waals surface area contributed by atoms with Crippen LogP contribution in [0.2, 0.25) is 0 Å². The number of nitrogens with one attached hydrogen (secondary N) is 1. The van der Waals surface area contributed by atoms with E-state index in [4.69, 9.17) is 0 Å². The van der Waals surface area contributed by atoms with Gasteiger partial charge in [0.15, 0.2) is 0 Å². The fourth-order valence-corrected chi connectivity index (χ4v) is 4.06. The van der Waals surface area contributed by atoms with Gasteiger partial charge in [0.25, 0.3) is 0 Å². The van der Waals surface area contributed by atoms with Gasteiger partial charge in [-0.15, -0.1) is 0 Å². The van der Waals surface area contributed by atoms with Gasteiger partial charge in [0.05, 0.1) is 18.5 Å². The molecule has 0 saturated carbocycles. The standard InChI is InChI=1S/C20H27F3N2O/c1-14(16-9-8-15-5-2-3-6-17(15)11-16)24-19(26)13-25-10-4-7-18(12-25)20(21,22)23/h8-9,11,14,18H,2-7,10,12-13H2,1H3,(H,24,26)/t14-,18+/m1/s1. The third-order valence-corrected chi connectivity index (χ3v) is 5.59. The highest BCUT2D eigenvalue weighted by Gasteiger charge is 2.41. The molecule has 0 radical (unpaired) electrons. The van der Waals surface area contributed by atoms with Gasteiger partial charge in [0.2, 0.25) is 5.91 Å². The van der Waals surface area contributed by atoms with Crippen LogP contribution in [0.3, 0.4) is 0 Å². The van der Waals surface area contributed by atoms with E-state index in [1.54, 1.807) is 4.90 Å². The summed E-state index contributed by atoms with van der Waals surface area (Å²) in [4.78, 5) is 13.9. The van der Waals surface area contributed by atoms with Gasteiger partial charge in [-0.05, 0) is 68.7 Å². The van der Waals surface area contributed by atoms with Gasteiger partial charge in [-0.1, -0.05) is 18.2 Å². The highest BCUT2D eigenvalue weighted by Crippen LogP contribution is 2.33. The van der Waals surface area contributed by atoms with Crippen LogP contribution in [0.5, 0.6) is 0 Å². The summed E-state index contributed by atoms with van der Waals surface area (Å²) >= 11 is 0. The Hall–Kier alpha value is -1.56. The van der Waals surface area contributed by atoms with Crippen molar-refractivity contribution in [2.75, 3.05) is 19.6 Å². The summed E-state index contributed by atoms with van der Waals surface area (Å²) in [7, 11) is 0. The normalized spacial score (nSPS) is 22.5. The third-order valence-electron chi connectivity index (χ3n) is 5.59. The number of likely N-dealkylation sites (tertiary alicyclic amines) is 1. The second-order valence-electron chi connectivity index (χ2n) is 7.64. The summed E-state index contributed by atoms with van der Waals surface area (Å²) in [5.41, 5.74) is 3.81. The van der Waals surface area contributed by atoms with Crippen LogP contribution in [-0.4, -0.2) is 36.6 Å². The highest BCUT2D eigenvalue weighted by molar-refractivity contribution is 5.78. The first-order valence-corrected chi connectivity index (χ1v) is 9.53. The lowest BCUT2D eigenvalue weighted by Gasteiger charge is -2.33. The monoisotopic (exact) mass is 368 g/mol. The Kier molecular flexibility index (Phi) is 5.90. The number of benzene rings is 1. The van der Waals surface area contributed by atoms with E-state index in [0.717, 1.165) is 18.4 Å². The molecule has 2 atom stereocenters. The molecule has 1 aromatic carbocycles. The van der Waals surface area contributed by atoms with E-state index in [0.29, 0.717) is 13.0 Å². The maximum atomic E-state index is 12.9. The fourth-order valence-electron chi connectivity index (χ4n) is 4.06. The quantitative estimate of drug-likeness (QED) is 0.871. The predicted molar refractivity (Wildman–Crippen MR) is 94.9 cm³/mol. The number of halogens is 3. The number of nitrogens with zero attached hydrogens (tertiary/aromatic N) is 1. The molecule has 0 aromatic heterocycles. The Morgan fingerprint density at radius 2 is 1.96 bits per heavy atom. The molecule has 1 heterocycles. The molecule has 0 bridgehead atoms. The van der Waals surface area contributed by atoms with Crippen LogP contribution in [0.15, 0.2) is 18.2 Å². The zero-order chi connectivity index (χ0) is 18.7. The smallest absolute Gasteiger partial charge is 0.348 e. The van der Waals surface area contributed by atoms with E-state index in [1.807, 2.05) is 6.92 Å². The van der Waals surface area contributed by atoms with Crippen LogP contribution in [0.25, 0.3) is 0 Å². The number of fused-ring (bicyclic) bond motifs is 1. The van der Waals surface area contributed by atoms with Gasteiger partial charge in [0.1, 0.15) is 0 Å². The maximum absolute atomic E-state index is 12.9. The number of hydrogen-bond acceptors (Lipinski definition) is 2. The van der Waals surface area contributed by atoms with Gasteiger partial charge >= 0.3 is 6.18 Å². The summed E-state index contributed by atoms with van der Waals surface area (Å²) in [6.45, 7) is 2.43. The Balaban J connectivity index is 1.54. The largest absolute Gasteiger partial charge is 0.393 e. The average molecular weight is 368 g/mol. The predicted octanol–water partition coefficient (Wildman–Crippen LogP) is 4.02. The molecule has 1 amide bonds. The summed E-state index contributed by atoms with van der Waals surface area (Å²) in [6.07, 6.45) is 1.10. The van der Waals surface area contributed by atoms with Crippen LogP contribution >= 0.6 is 0 Å². The number of aryl methyl sites for hydroxylation is 2. The molecule has 0 spiro atoms. The molecular formula is C20H27F3N2O. The molecule has 1 fully saturated rings. The molecule has 6 heteroatoms. The summed E-state index contributed by atoms with van der Waals surface area (Å²) in [6, 6.07) is 6.22. The number of amides is 1. The van der Waals surface area contributed by atoms with Crippen molar-refractivity contribution < 1.29 is 18.0 Å². The lowest BCUT2D eigenvalue weighted by molar-refractivity contribution is -0.187. The van der Waals surface area contributed by atoms with Crippen molar-refractivity contribution in [3.05, 3.63) is 34.9 Å². The van der Waals surface area contributed by atoms with Crippen LogP contribution in [0.4, 0.5) is 13.2 Å². The van der Waals surface area contributed by atoms with Crippen molar-refractivity contribution in [2.24, 2.45) is 5.92 Å². The van der Waals surface area contributed by atoms with Crippen molar-refractivity contribution in [2.45, 2.75) is 57.7 Å². The van der Waals surface area contributed by atoms with Crippen LogP contribution in [-0.2, 0) is 17.6 Å². The molecule has 1 aliphatic carbocycles. The zero-order valence-corrected chi connectivity index (χ0v) is 15.2. The molecule has 1 saturated heterocycles. The number of rotatable bonds is 4. The second-order valence-corrected chi connectivity index (χ2v) is 7.64. The van der Waals surface area contributed by atoms with E-state index < -0.39 is 12.1 Å². The number of hydrogen-bond donors (Lipinski definition) is 1. The van der Waals surface area contributed by atoms with Crippen LogP contribution in [0.1, 0.15) is 55.3 Å². The lowest BCUT2D eigenvalue weighted by Crippen LogP contribution is -2.46. The van der Waals surface area contributed by atoms with Crippen molar-refractivity contribution in [3.8, 4) is 0 Å². The Morgan fingerprint density at radius 3 is 2.69 bits per heavy atom. The van der Waals surface area contributed by atoms with E-state index in [-0.39, 0.29) is 31.5 Å². The van der Waals surface area contributed by atoms with Gasteiger partial charge < -0.3 is 5.32 Å². The van der Waals surface area contributed by atoms with Gasteiger partial charge in [-0.2, -0.15) is 13.2 Å². The topological polar surface area (TPSA) is 32.3 Å². The van der Waals surface area contributed by atoms with E-state index in [9.17, 15) is 18.0 Å². The molecule has 144 valence electrons. The minimum absolute atomic E-state index is 0.0296. The van der Waals surface area contributed by atoms with Gasteiger partial charge in [-0.3, -0.25) is 9.69 Å². The van der Waals surface area contributed by atoms with Gasteiger partial charge in [-0.25, -0.2) is 0 Å². The molecule has 1 N–H and O–H groups in total. The molecule has 1 aromatic rings. The van der Waals surface area contributed by atoms with E-state index >= 15 is 0 Å². The number of piperidine rings is 1. The Morgan fingerprint density at radius 1 is 1.23 bits per heavy atom. The summed E-state index contributed by atoms with van der Waals surface area (Å²) in [5.74, 6) is -1.53. The molecule has 3 nitrogen and oxygen atoms in total. The molecule has 0 unspecified atom stereocenters. The molecule has 3 rings (SSSR count). The van der Waals surface area contributed by atoms with Crippen molar-refractivity contribution >= 4 is 5.91 Å². The van der Waals surface area contributed by atoms with E-state index in [1.165, 1.54) is 24.0 Å². The zero-order valence-electron chi connectivity index (χ0n) is 15.2. The first-order valence-electron chi connectivity index (χ1n) is 9.53.